The lowest BCUT2D eigenvalue weighted by Crippen LogP contribution is -2.53. The van der Waals surface area contributed by atoms with Crippen LogP contribution < -0.4 is 11.1 Å². The van der Waals surface area contributed by atoms with Gasteiger partial charge in [-0.05, 0) is 32.7 Å². The van der Waals surface area contributed by atoms with Crippen molar-refractivity contribution < 1.29 is 4.79 Å². The van der Waals surface area contributed by atoms with Gasteiger partial charge in [0.25, 0.3) is 0 Å². The van der Waals surface area contributed by atoms with Gasteiger partial charge in [-0.1, -0.05) is 13.8 Å². The first-order valence-corrected chi connectivity index (χ1v) is 8.06. The molecule has 2 atom stereocenters. The minimum atomic E-state index is 0.154. The average Bonchev–Trinajstić information content (AvgIpc) is 2.45. The number of rotatable bonds is 8. The Labute approximate surface area is 123 Å². The second kappa shape index (κ2) is 9.32. The minimum absolute atomic E-state index is 0.154. The summed E-state index contributed by atoms with van der Waals surface area (Å²) >= 11 is 0. The molecule has 1 saturated heterocycles. The van der Waals surface area contributed by atoms with E-state index < -0.39 is 0 Å². The molecule has 1 amide bonds. The van der Waals surface area contributed by atoms with Crippen molar-refractivity contribution in [3.05, 3.63) is 0 Å². The third kappa shape index (κ3) is 5.77. The quantitative estimate of drug-likeness (QED) is 0.687. The average molecular weight is 284 g/mol. The molecule has 1 rings (SSSR count). The summed E-state index contributed by atoms with van der Waals surface area (Å²) in [6.45, 7) is 11.7. The lowest BCUT2D eigenvalue weighted by molar-refractivity contribution is -0.123. The van der Waals surface area contributed by atoms with E-state index in [2.05, 4.69) is 35.9 Å². The smallest absolute Gasteiger partial charge is 0.234 e. The summed E-state index contributed by atoms with van der Waals surface area (Å²) in [6, 6.07) is 0.883. The number of hydrogen-bond acceptors (Lipinski definition) is 4. The first-order chi connectivity index (χ1) is 9.60. The van der Waals surface area contributed by atoms with Crippen molar-refractivity contribution in [1.82, 2.24) is 15.1 Å². The number of amides is 1. The molecule has 0 spiro atoms. The summed E-state index contributed by atoms with van der Waals surface area (Å²) in [5.41, 5.74) is 5.67. The highest BCUT2D eigenvalue weighted by Crippen LogP contribution is 2.11. The fraction of sp³-hybridized carbons (Fsp3) is 0.933. The van der Waals surface area contributed by atoms with Crippen molar-refractivity contribution in [2.45, 2.75) is 52.1 Å². The van der Waals surface area contributed by atoms with E-state index in [1.54, 1.807) is 0 Å². The number of piperazine rings is 1. The van der Waals surface area contributed by atoms with Crippen LogP contribution in [0.4, 0.5) is 0 Å². The van der Waals surface area contributed by atoms with Gasteiger partial charge in [-0.2, -0.15) is 0 Å². The van der Waals surface area contributed by atoms with Gasteiger partial charge < -0.3 is 11.1 Å². The van der Waals surface area contributed by atoms with Crippen LogP contribution in [-0.2, 0) is 4.79 Å². The van der Waals surface area contributed by atoms with Gasteiger partial charge in [0.05, 0.1) is 6.54 Å². The summed E-state index contributed by atoms with van der Waals surface area (Å²) in [4.78, 5) is 16.6. The zero-order chi connectivity index (χ0) is 15.0. The summed E-state index contributed by atoms with van der Waals surface area (Å²) < 4.78 is 0. The molecule has 0 aromatic carbocycles. The molecule has 1 aliphatic heterocycles. The molecule has 0 radical (unpaired) electrons. The Kier molecular flexibility index (Phi) is 8.11. The first-order valence-electron chi connectivity index (χ1n) is 8.06. The van der Waals surface area contributed by atoms with Gasteiger partial charge in [0, 0.05) is 38.3 Å². The van der Waals surface area contributed by atoms with E-state index in [0.717, 1.165) is 52.0 Å². The van der Waals surface area contributed by atoms with Crippen molar-refractivity contribution in [1.29, 1.82) is 0 Å². The standard InChI is InChI=1S/C15H32N4O/c1-4-13(3)17-15(20)12-18-8-10-19(11-9-18)14(5-2)6-7-16/h13-14H,4-12,16H2,1-3H3,(H,17,20). The maximum atomic E-state index is 11.9. The Hall–Kier alpha value is -0.650. The summed E-state index contributed by atoms with van der Waals surface area (Å²) in [5, 5.41) is 3.03. The number of nitrogens with zero attached hydrogens (tertiary/aromatic N) is 2. The highest BCUT2D eigenvalue weighted by Gasteiger charge is 2.23. The Morgan fingerprint density at radius 1 is 1.20 bits per heavy atom. The van der Waals surface area contributed by atoms with E-state index >= 15 is 0 Å². The van der Waals surface area contributed by atoms with Crippen molar-refractivity contribution in [3.8, 4) is 0 Å². The molecule has 3 N–H and O–H groups in total. The van der Waals surface area contributed by atoms with Crippen LogP contribution in [0, 0.1) is 0 Å². The molecule has 2 unspecified atom stereocenters. The van der Waals surface area contributed by atoms with Gasteiger partial charge >= 0.3 is 0 Å². The molecule has 0 aromatic rings. The minimum Gasteiger partial charge on any atom is -0.353 e. The lowest BCUT2D eigenvalue weighted by atomic mass is 10.1. The second-order valence-corrected chi connectivity index (χ2v) is 5.83. The Morgan fingerprint density at radius 3 is 2.35 bits per heavy atom. The maximum Gasteiger partial charge on any atom is 0.234 e. The van der Waals surface area contributed by atoms with Crippen molar-refractivity contribution in [3.63, 3.8) is 0 Å². The molecule has 5 nitrogen and oxygen atoms in total. The molecule has 1 heterocycles. The van der Waals surface area contributed by atoms with E-state index in [1.807, 2.05) is 0 Å². The van der Waals surface area contributed by atoms with Crippen LogP contribution in [0.15, 0.2) is 0 Å². The normalized spacial score (nSPS) is 20.6. The lowest BCUT2D eigenvalue weighted by Gasteiger charge is -2.38. The second-order valence-electron chi connectivity index (χ2n) is 5.83. The van der Waals surface area contributed by atoms with Crippen molar-refractivity contribution in [2.24, 2.45) is 5.73 Å². The molecular weight excluding hydrogens is 252 g/mol. The molecule has 118 valence electrons. The number of hydrogen-bond donors (Lipinski definition) is 2. The van der Waals surface area contributed by atoms with Crippen LogP contribution in [-0.4, -0.2) is 67.1 Å². The molecule has 0 aromatic heterocycles. The molecule has 0 saturated carbocycles. The number of carbonyl (C=O) groups is 1. The van der Waals surface area contributed by atoms with Gasteiger partial charge in [0.15, 0.2) is 0 Å². The third-order valence-corrected chi connectivity index (χ3v) is 4.28. The van der Waals surface area contributed by atoms with E-state index in [-0.39, 0.29) is 11.9 Å². The largest absolute Gasteiger partial charge is 0.353 e. The fourth-order valence-corrected chi connectivity index (χ4v) is 2.75. The van der Waals surface area contributed by atoms with Crippen LogP contribution in [0.3, 0.4) is 0 Å². The number of nitrogens with two attached hydrogens (primary N) is 1. The highest BCUT2D eigenvalue weighted by atomic mass is 16.2. The van der Waals surface area contributed by atoms with E-state index in [0.29, 0.717) is 12.6 Å². The Balaban J connectivity index is 2.29. The van der Waals surface area contributed by atoms with Gasteiger partial charge in [0.2, 0.25) is 5.91 Å². The topological polar surface area (TPSA) is 61.6 Å². The van der Waals surface area contributed by atoms with Crippen molar-refractivity contribution >= 4 is 5.91 Å². The van der Waals surface area contributed by atoms with Crippen LogP contribution >= 0.6 is 0 Å². The van der Waals surface area contributed by atoms with Crippen LogP contribution in [0.2, 0.25) is 0 Å². The third-order valence-electron chi connectivity index (χ3n) is 4.28. The molecule has 0 bridgehead atoms. The number of carbonyl (C=O) groups excluding carboxylic acids is 1. The summed E-state index contributed by atoms with van der Waals surface area (Å²) in [6.07, 6.45) is 3.22. The van der Waals surface area contributed by atoms with E-state index in [4.69, 9.17) is 5.73 Å². The SMILES string of the molecule is CCC(C)NC(=O)CN1CCN(C(CC)CCN)CC1. The predicted molar refractivity (Wildman–Crippen MR) is 83.7 cm³/mol. The maximum absolute atomic E-state index is 11.9. The zero-order valence-electron chi connectivity index (χ0n) is 13.4. The molecule has 5 heteroatoms. The molecular formula is C15H32N4O. The molecule has 1 aliphatic rings. The van der Waals surface area contributed by atoms with Crippen LogP contribution in [0.5, 0.6) is 0 Å². The molecule has 0 aliphatic carbocycles. The van der Waals surface area contributed by atoms with Gasteiger partial charge in [-0.3, -0.25) is 14.6 Å². The fourth-order valence-electron chi connectivity index (χ4n) is 2.75. The van der Waals surface area contributed by atoms with Gasteiger partial charge in [-0.15, -0.1) is 0 Å². The highest BCUT2D eigenvalue weighted by molar-refractivity contribution is 5.78. The van der Waals surface area contributed by atoms with Gasteiger partial charge in [0.1, 0.15) is 0 Å². The molecule has 1 fully saturated rings. The monoisotopic (exact) mass is 284 g/mol. The first kappa shape index (κ1) is 17.4. The van der Waals surface area contributed by atoms with Crippen LogP contribution in [0.25, 0.3) is 0 Å². The summed E-state index contributed by atoms with van der Waals surface area (Å²) in [5.74, 6) is 0.154. The Bertz CT molecular complexity index is 277. The van der Waals surface area contributed by atoms with Crippen molar-refractivity contribution in [2.75, 3.05) is 39.3 Å². The van der Waals surface area contributed by atoms with Crippen LogP contribution in [0.1, 0.15) is 40.0 Å². The molecule has 20 heavy (non-hydrogen) atoms. The van der Waals surface area contributed by atoms with E-state index in [1.165, 1.54) is 0 Å². The zero-order valence-corrected chi connectivity index (χ0v) is 13.4. The van der Waals surface area contributed by atoms with E-state index in [9.17, 15) is 4.79 Å². The number of nitrogens with one attached hydrogen (secondary N) is 1. The van der Waals surface area contributed by atoms with Gasteiger partial charge in [-0.25, -0.2) is 0 Å². The summed E-state index contributed by atoms with van der Waals surface area (Å²) in [7, 11) is 0. The Morgan fingerprint density at radius 2 is 1.85 bits per heavy atom. The predicted octanol–water partition coefficient (Wildman–Crippen LogP) is 0.646.